The van der Waals surface area contributed by atoms with E-state index in [1.165, 1.54) is 0 Å². The number of ether oxygens (including phenoxy) is 3. The number of rotatable bonds is 6. The van der Waals surface area contributed by atoms with Crippen molar-refractivity contribution in [2.75, 3.05) is 13.2 Å². The van der Waals surface area contributed by atoms with Gasteiger partial charge < -0.3 is 14.2 Å². The largest absolute Gasteiger partial charge is 0.465 e. The third-order valence-electron chi connectivity index (χ3n) is 2.70. The third-order valence-corrected chi connectivity index (χ3v) is 2.70. The Balaban J connectivity index is 2.00. The fraction of sp³-hybridized carbons (Fsp3) is 0.923. The van der Waals surface area contributed by atoms with E-state index in [1.807, 2.05) is 27.7 Å². The van der Waals surface area contributed by atoms with Gasteiger partial charge in [-0.1, -0.05) is 13.8 Å². The summed E-state index contributed by atoms with van der Waals surface area (Å²) in [7, 11) is 0. The first kappa shape index (κ1) is 14.5. The molecule has 1 aliphatic heterocycles. The van der Waals surface area contributed by atoms with Crippen molar-refractivity contribution in [3.63, 3.8) is 0 Å². The number of hydrogen-bond acceptors (Lipinski definition) is 4. The third kappa shape index (κ3) is 5.50. The smallest absolute Gasteiger partial charge is 0.308 e. The first-order valence-corrected chi connectivity index (χ1v) is 6.39. The maximum Gasteiger partial charge on any atom is 0.308 e. The van der Waals surface area contributed by atoms with Crippen molar-refractivity contribution in [1.82, 2.24) is 0 Å². The number of carbonyl (C=O) groups excluding carboxylic acids is 1. The van der Waals surface area contributed by atoms with Crippen LogP contribution in [0, 0.1) is 5.92 Å². The first-order valence-electron chi connectivity index (χ1n) is 6.39. The molecule has 0 aromatic carbocycles. The van der Waals surface area contributed by atoms with Crippen LogP contribution >= 0.6 is 0 Å². The molecule has 0 saturated carbocycles. The summed E-state index contributed by atoms with van der Waals surface area (Å²) in [6.45, 7) is 8.71. The Labute approximate surface area is 104 Å². The fourth-order valence-corrected chi connectivity index (χ4v) is 1.72. The minimum Gasteiger partial charge on any atom is -0.465 e. The zero-order chi connectivity index (χ0) is 12.9. The van der Waals surface area contributed by atoms with E-state index in [1.54, 1.807) is 0 Å². The molecular weight excluding hydrogens is 220 g/mol. The van der Waals surface area contributed by atoms with E-state index >= 15 is 0 Å². The summed E-state index contributed by atoms with van der Waals surface area (Å²) >= 11 is 0. The Kier molecular flexibility index (Phi) is 5.40. The van der Waals surface area contributed by atoms with Crippen molar-refractivity contribution >= 4 is 5.97 Å². The molecule has 0 radical (unpaired) electrons. The molecule has 1 rings (SSSR count). The normalized spacial score (nSPS) is 23.0. The molecule has 4 heteroatoms. The summed E-state index contributed by atoms with van der Waals surface area (Å²) in [6.07, 6.45) is 3.03. The number of hydrogen-bond donors (Lipinski definition) is 0. The molecule has 0 spiro atoms. The monoisotopic (exact) mass is 244 g/mol. The average molecular weight is 244 g/mol. The van der Waals surface area contributed by atoms with Crippen LogP contribution < -0.4 is 0 Å². The summed E-state index contributed by atoms with van der Waals surface area (Å²) in [4.78, 5) is 11.2. The first-order chi connectivity index (χ1) is 7.91. The molecular formula is C13H24O4. The quantitative estimate of drug-likeness (QED) is 0.532. The average Bonchev–Trinajstić information content (AvgIpc) is 2.57. The van der Waals surface area contributed by atoms with Crippen LogP contribution in [0.1, 0.15) is 47.0 Å². The molecule has 1 fully saturated rings. The van der Waals surface area contributed by atoms with Gasteiger partial charge in [0, 0.05) is 0 Å². The van der Waals surface area contributed by atoms with Gasteiger partial charge in [0.2, 0.25) is 0 Å². The molecule has 1 saturated heterocycles. The molecule has 1 aliphatic rings. The lowest BCUT2D eigenvalue weighted by atomic mass is 10.1. The van der Waals surface area contributed by atoms with E-state index in [-0.39, 0.29) is 18.0 Å². The zero-order valence-corrected chi connectivity index (χ0v) is 11.3. The van der Waals surface area contributed by atoms with Gasteiger partial charge in [0.05, 0.1) is 25.2 Å². The Morgan fingerprint density at radius 3 is 2.65 bits per heavy atom. The van der Waals surface area contributed by atoms with E-state index < -0.39 is 5.79 Å². The Bertz CT molecular complexity index is 248. The lowest BCUT2D eigenvalue weighted by molar-refractivity contribution is -0.147. The summed E-state index contributed by atoms with van der Waals surface area (Å²) in [6, 6.07) is 0. The number of carbonyl (C=O) groups is 1. The van der Waals surface area contributed by atoms with Crippen LogP contribution in [0.5, 0.6) is 0 Å². The van der Waals surface area contributed by atoms with Gasteiger partial charge >= 0.3 is 5.97 Å². The lowest BCUT2D eigenvalue weighted by Gasteiger charge is -2.16. The minimum absolute atomic E-state index is 0.0395. The number of esters is 1. The van der Waals surface area contributed by atoms with Crippen molar-refractivity contribution < 1.29 is 19.0 Å². The SMILES string of the molecule is CC(C)C(=O)OCCCCC1COC(C)(C)O1. The maximum atomic E-state index is 11.2. The van der Waals surface area contributed by atoms with Crippen LogP contribution in [0.2, 0.25) is 0 Å². The van der Waals surface area contributed by atoms with Crippen molar-refractivity contribution in [2.24, 2.45) is 5.92 Å². The summed E-state index contributed by atoms with van der Waals surface area (Å²) < 4.78 is 16.3. The van der Waals surface area contributed by atoms with E-state index in [0.717, 1.165) is 19.3 Å². The molecule has 1 unspecified atom stereocenters. The van der Waals surface area contributed by atoms with Crippen molar-refractivity contribution in [3.05, 3.63) is 0 Å². The predicted molar refractivity (Wildman–Crippen MR) is 64.6 cm³/mol. The predicted octanol–water partition coefficient (Wildman–Crippen LogP) is 2.51. The van der Waals surface area contributed by atoms with Gasteiger partial charge in [0.1, 0.15) is 0 Å². The molecule has 1 heterocycles. The molecule has 100 valence electrons. The highest BCUT2D eigenvalue weighted by Gasteiger charge is 2.31. The van der Waals surface area contributed by atoms with Crippen LogP contribution in [-0.4, -0.2) is 31.1 Å². The summed E-state index contributed by atoms with van der Waals surface area (Å²) in [5, 5.41) is 0. The van der Waals surface area contributed by atoms with Crippen LogP contribution in [-0.2, 0) is 19.0 Å². The Hall–Kier alpha value is -0.610. The van der Waals surface area contributed by atoms with Gasteiger partial charge in [-0.05, 0) is 33.1 Å². The van der Waals surface area contributed by atoms with Gasteiger partial charge in [-0.3, -0.25) is 4.79 Å². The van der Waals surface area contributed by atoms with Crippen molar-refractivity contribution in [3.8, 4) is 0 Å². The van der Waals surface area contributed by atoms with E-state index in [2.05, 4.69) is 0 Å². The molecule has 1 atom stereocenters. The molecule has 0 N–H and O–H groups in total. The second-order valence-corrected chi connectivity index (χ2v) is 5.27. The highest BCUT2D eigenvalue weighted by molar-refractivity contribution is 5.71. The van der Waals surface area contributed by atoms with Crippen LogP contribution in [0.15, 0.2) is 0 Å². The molecule has 0 aromatic rings. The lowest BCUT2D eigenvalue weighted by Crippen LogP contribution is -2.21. The summed E-state index contributed by atoms with van der Waals surface area (Å²) in [5.74, 6) is -0.594. The molecule has 4 nitrogen and oxygen atoms in total. The van der Waals surface area contributed by atoms with Crippen molar-refractivity contribution in [1.29, 1.82) is 0 Å². The highest BCUT2D eigenvalue weighted by atomic mass is 16.7. The summed E-state index contributed by atoms with van der Waals surface area (Å²) in [5.41, 5.74) is 0. The van der Waals surface area contributed by atoms with E-state index in [4.69, 9.17) is 14.2 Å². The Morgan fingerprint density at radius 2 is 2.12 bits per heavy atom. The van der Waals surface area contributed by atoms with E-state index in [0.29, 0.717) is 13.2 Å². The van der Waals surface area contributed by atoms with Crippen LogP contribution in [0.3, 0.4) is 0 Å². The topological polar surface area (TPSA) is 44.8 Å². The van der Waals surface area contributed by atoms with Gasteiger partial charge in [-0.25, -0.2) is 0 Å². The molecule has 17 heavy (non-hydrogen) atoms. The molecule has 0 aliphatic carbocycles. The zero-order valence-electron chi connectivity index (χ0n) is 11.3. The fourth-order valence-electron chi connectivity index (χ4n) is 1.72. The van der Waals surface area contributed by atoms with Crippen molar-refractivity contribution in [2.45, 2.75) is 58.8 Å². The van der Waals surface area contributed by atoms with Gasteiger partial charge in [-0.15, -0.1) is 0 Å². The second-order valence-electron chi connectivity index (χ2n) is 5.27. The second kappa shape index (κ2) is 6.36. The standard InChI is InChI=1S/C13H24O4/c1-10(2)12(14)15-8-6-5-7-11-9-16-13(3,4)17-11/h10-11H,5-9H2,1-4H3. The number of unbranched alkanes of at least 4 members (excludes halogenated alkanes) is 1. The Morgan fingerprint density at radius 1 is 1.41 bits per heavy atom. The highest BCUT2D eigenvalue weighted by Crippen LogP contribution is 2.25. The van der Waals surface area contributed by atoms with Gasteiger partial charge in [-0.2, -0.15) is 0 Å². The van der Waals surface area contributed by atoms with Gasteiger partial charge in [0.15, 0.2) is 5.79 Å². The van der Waals surface area contributed by atoms with Crippen LogP contribution in [0.25, 0.3) is 0 Å². The molecule has 0 aromatic heterocycles. The minimum atomic E-state index is -0.436. The van der Waals surface area contributed by atoms with Crippen LogP contribution in [0.4, 0.5) is 0 Å². The van der Waals surface area contributed by atoms with E-state index in [9.17, 15) is 4.79 Å². The maximum absolute atomic E-state index is 11.2. The van der Waals surface area contributed by atoms with Gasteiger partial charge in [0.25, 0.3) is 0 Å². The molecule has 0 bridgehead atoms. The molecule has 0 amide bonds.